The Hall–Kier alpha value is -1.19. The predicted molar refractivity (Wildman–Crippen MR) is 130 cm³/mol. The van der Waals surface area contributed by atoms with Crippen molar-refractivity contribution < 1.29 is 41.3 Å². The van der Waals surface area contributed by atoms with E-state index < -0.39 is 0 Å². The van der Waals surface area contributed by atoms with Crippen molar-refractivity contribution in [1.29, 1.82) is 0 Å². The molecule has 4 rings (SSSR count). The van der Waals surface area contributed by atoms with Crippen molar-refractivity contribution in [2.75, 3.05) is 13.3 Å². The van der Waals surface area contributed by atoms with Gasteiger partial charge in [-0.2, -0.15) is 0 Å². The van der Waals surface area contributed by atoms with Crippen LogP contribution in [-0.4, -0.2) is 13.3 Å². The third-order valence-corrected chi connectivity index (χ3v) is 8.86. The molecule has 4 aromatic rings. The Labute approximate surface area is 212 Å². The van der Waals surface area contributed by atoms with Gasteiger partial charge in [0.1, 0.15) is 0 Å². The van der Waals surface area contributed by atoms with Crippen molar-refractivity contribution >= 4 is 37.1 Å². The van der Waals surface area contributed by atoms with E-state index in [1.165, 1.54) is 21.2 Å². The third-order valence-electron chi connectivity index (χ3n) is 4.57. The molecule has 0 N–H and O–H groups in total. The standard InChI is InChI=1S/2C13H13P.2ClH.Ni/c2*1-14(12-8-4-2-5-9-12)13-10-6-3-7-11-13;;;/h2*2-11H,1H3;2*1H;/q;;;;+2/p-2. The second-order valence-electron chi connectivity index (χ2n) is 6.46. The van der Waals surface area contributed by atoms with Crippen LogP contribution in [0, 0.1) is 0 Å². The van der Waals surface area contributed by atoms with Gasteiger partial charge < -0.3 is 24.8 Å². The summed E-state index contributed by atoms with van der Waals surface area (Å²) in [5.41, 5.74) is 0. The Morgan fingerprint density at radius 1 is 0.355 bits per heavy atom. The van der Waals surface area contributed by atoms with Crippen LogP contribution in [-0.2, 0) is 16.5 Å². The Morgan fingerprint density at radius 2 is 0.516 bits per heavy atom. The van der Waals surface area contributed by atoms with E-state index in [9.17, 15) is 0 Å². The first-order valence-corrected chi connectivity index (χ1v) is 13.0. The molecule has 0 aliphatic rings. The summed E-state index contributed by atoms with van der Waals surface area (Å²) < 4.78 is 0. The van der Waals surface area contributed by atoms with Gasteiger partial charge in [-0.3, -0.25) is 0 Å². The molecule has 0 radical (unpaired) electrons. The largest absolute Gasteiger partial charge is 2.00 e. The summed E-state index contributed by atoms with van der Waals surface area (Å²) in [5.74, 6) is 0. The first kappa shape index (κ1) is 29.8. The fourth-order valence-electron chi connectivity index (χ4n) is 2.90. The summed E-state index contributed by atoms with van der Waals surface area (Å²) in [6.07, 6.45) is 0. The second kappa shape index (κ2) is 16.4. The van der Waals surface area contributed by atoms with Gasteiger partial charge in [-0.05, 0) is 50.4 Å². The Kier molecular flexibility index (Phi) is 15.8. The normalized spacial score (nSPS) is 9.42. The van der Waals surface area contributed by atoms with Crippen LogP contribution in [0.5, 0.6) is 0 Å². The van der Waals surface area contributed by atoms with Gasteiger partial charge in [0.15, 0.2) is 0 Å². The molecule has 0 amide bonds. The summed E-state index contributed by atoms with van der Waals surface area (Å²) in [7, 11) is -0.342. The predicted octanol–water partition coefficient (Wildman–Crippen LogP) is -0.496. The number of hydrogen-bond donors (Lipinski definition) is 0. The maximum Gasteiger partial charge on any atom is 2.00 e. The van der Waals surface area contributed by atoms with E-state index in [1.54, 1.807) is 0 Å². The smallest absolute Gasteiger partial charge is 1.00 e. The van der Waals surface area contributed by atoms with Gasteiger partial charge in [0, 0.05) is 0 Å². The average Bonchev–Trinajstić information content (AvgIpc) is 2.81. The summed E-state index contributed by atoms with van der Waals surface area (Å²) >= 11 is 0. The monoisotopic (exact) mass is 528 g/mol. The van der Waals surface area contributed by atoms with Gasteiger partial charge in [-0.1, -0.05) is 121 Å². The van der Waals surface area contributed by atoms with E-state index in [1.807, 2.05) is 0 Å². The number of halogens is 2. The maximum absolute atomic E-state index is 2.31. The van der Waals surface area contributed by atoms with Gasteiger partial charge in [-0.15, -0.1) is 0 Å². The maximum atomic E-state index is 2.31. The molecule has 5 heteroatoms. The van der Waals surface area contributed by atoms with Crippen LogP contribution in [0.1, 0.15) is 0 Å². The van der Waals surface area contributed by atoms with Crippen molar-refractivity contribution in [3.63, 3.8) is 0 Å². The number of rotatable bonds is 4. The van der Waals surface area contributed by atoms with Gasteiger partial charge in [-0.25, -0.2) is 0 Å². The summed E-state index contributed by atoms with van der Waals surface area (Å²) in [4.78, 5) is 0. The SMILES string of the molecule is CP(c1ccccc1)c1ccccc1.CP(c1ccccc1)c1ccccc1.[Cl-].[Cl-].[Ni+2]. The van der Waals surface area contributed by atoms with E-state index >= 15 is 0 Å². The van der Waals surface area contributed by atoms with Crippen LogP contribution in [0.4, 0.5) is 0 Å². The molecule has 0 saturated carbocycles. The topological polar surface area (TPSA) is 0 Å². The van der Waals surface area contributed by atoms with E-state index in [0.29, 0.717) is 0 Å². The molecule has 0 aliphatic carbocycles. The zero-order valence-corrected chi connectivity index (χ0v) is 21.8. The van der Waals surface area contributed by atoms with Crippen molar-refractivity contribution in [3.05, 3.63) is 121 Å². The molecule has 164 valence electrons. The minimum Gasteiger partial charge on any atom is -1.00 e. The van der Waals surface area contributed by atoms with E-state index in [2.05, 4.69) is 135 Å². The van der Waals surface area contributed by atoms with Crippen molar-refractivity contribution in [2.45, 2.75) is 0 Å². The van der Waals surface area contributed by atoms with Gasteiger partial charge in [0.05, 0.1) is 0 Å². The molecule has 0 fully saturated rings. The quantitative estimate of drug-likeness (QED) is 0.247. The van der Waals surface area contributed by atoms with Crippen LogP contribution in [0.15, 0.2) is 121 Å². The number of benzene rings is 4. The van der Waals surface area contributed by atoms with Crippen LogP contribution in [0.25, 0.3) is 0 Å². The van der Waals surface area contributed by atoms with Crippen molar-refractivity contribution in [3.8, 4) is 0 Å². The molecule has 0 nitrogen and oxygen atoms in total. The molecule has 0 heterocycles. The first-order chi connectivity index (χ1) is 13.8. The third kappa shape index (κ3) is 9.45. The Balaban J connectivity index is 0.000000529. The summed E-state index contributed by atoms with van der Waals surface area (Å²) in [6.45, 7) is 4.61. The molecule has 0 atom stereocenters. The fraction of sp³-hybridized carbons (Fsp3) is 0.0769. The molecule has 0 aliphatic heterocycles. The average molecular weight is 530 g/mol. The fourth-order valence-corrected chi connectivity index (χ4v) is 5.98. The minimum absolute atomic E-state index is 0. The van der Waals surface area contributed by atoms with Crippen LogP contribution in [0.2, 0.25) is 0 Å². The molecular formula is C26H26Cl2NiP2. The molecule has 0 spiro atoms. The Bertz CT molecular complexity index is 780. The van der Waals surface area contributed by atoms with Crippen LogP contribution < -0.4 is 46.0 Å². The Morgan fingerprint density at radius 3 is 0.677 bits per heavy atom. The molecule has 0 aromatic heterocycles. The van der Waals surface area contributed by atoms with Crippen LogP contribution >= 0.6 is 15.8 Å². The molecule has 4 aromatic carbocycles. The van der Waals surface area contributed by atoms with Gasteiger partial charge in [0.2, 0.25) is 0 Å². The number of hydrogen-bond acceptors (Lipinski definition) is 0. The molecular weight excluding hydrogens is 504 g/mol. The zero-order valence-electron chi connectivity index (χ0n) is 17.5. The molecule has 0 saturated heterocycles. The van der Waals surface area contributed by atoms with Crippen molar-refractivity contribution in [1.82, 2.24) is 0 Å². The van der Waals surface area contributed by atoms with Gasteiger partial charge >= 0.3 is 16.5 Å². The van der Waals surface area contributed by atoms with E-state index in [-0.39, 0.29) is 57.1 Å². The molecule has 0 bridgehead atoms. The second-order valence-corrected chi connectivity index (χ2v) is 10.8. The summed E-state index contributed by atoms with van der Waals surface area (Å²) in [6, 6.07) is 42.8. The van der Waals surface area contributed by atoms with Crippen molar-refractivity contribution in [2.24, 2.45) is 0 Å². The molecule has 31 heavy (non-hydrogen) atoms. The zero-order chi connectivity index (χ0) is 19.6. The van der Waals surface area contributed by atoms with Gasteiger partial charge in [0.25, 0.3) is 0 Å². The molecule has 0 unspecified atom stereocenters. The van der Waals surface area contributed by atoms with E-state index in [0.717, 1.165) is 0 Å². The van der Waals surface area contributed by atoms with E-state index in [4.69, 9.17) is 0 Å². The minimum atomic E-state index is -0.171. The van der Waals surface area contributed by atoms with Crippen LogP contribution in [0.3, 0.4) is 0 Å². The first-order valence-electron chi connectivity index (χ1n) is 9.43. The summed E-state index contributed by atoms with van der Waals surface area (Å²) in [5, 5.41) is 5.75.